The molecule has 0 unspecified atom stereocenters. The Hall–Kier alpha value is -0.530. The van der Waals surface area contributed by atoms with Crippen LogP contribution in [-0.2, 0) is 4.79 Å². The lowest BCUT2D eigenvalue weighted by atomic mass is 10.6. The molecule has 0 aliphatic carbocycles. The normalized spacial score (nSPS) is 7.67. The second-order valence-electron chi connectivity index (χ2n) is 0.745. The van der Waals surface area contributed by atoms with Gasteiger partial charge in [0.05, 0.1) is 6.92 Å². The van der Waals surface area contributed by atoms with Crippen LogP contribution in [0.15, 0.2) is 0 Å². The fourth-order valence-corrected chi connectivity index (χ4v) is 0.101. The van der Waals surface area contributed by atoms with E-state index in [1.54, 1.807) is 0 Å². The third-order valence-corrected chi connectivity index (χ3v) is 0.276. The molecule has 0 bridgehead atoms. The van der Waals surface area contributed by atoms with Gasteiger partial charge in [-0.15, -0.1) is 0 Å². The Morgan fingerprint density at radius 3 is 2.33 bits per heavy atom. The molecule has 0 aromatic rings. The Morgan fingerprint density at radius 2 is 2.33 bits per heavy atom. The lowest BCUT2D eigenvalue weighted by Crippen LogP contribution is -2.18. The molecule has 0 saturated heterocycles. The number of carbonyl (C=O) groups excluding carboxylic acids is 1. The minimum Gasteiger partial charge on any atom is -0.356 e. The van der Waals surface area contributed by atoms with Crippen LogP contribution < -0.4 is 5.32 Å². The Kier molecular flexibility index (Phi) is 2.46. The topological polar surface area (TPSA) is 29.1 Å². The third-order valence-electron chi connectivity index (χ3n) is 0.276. The van der Waals surface area contributed by atoms with Crippen molar-refractivity contribution in [3.63, 3.8) is 0 Å². The van der Waals surface area contributed by atoms with E-state index in [1.807, 2.05) is 0 Å². The van der Waals surface area contributed by atoms with Crippen LogP contribution in [-0.4, -0.2) is 12.5 Å². The molecule has 0 saturated carbocycles. The standard InChI is InChI=1S/C4H5NO/c1-3-5-4(2)6/h1-2H,3H2,(H,5,6). The molecule has 0 spiro atoms. The van der Waals surface area contributed by atoms with Crippen LogP contribution in [0.2, 0.25) is 0 Å². The molecule has 2 nitrogen and oxygen atoms in total. The van der Waals surface area contributed by atoms with Crippen LogP contribution >= 0.6 is 0 Å². The zero-order valence-electron chi connectivity index (χ0n) is 3.27. The minimum absolute atomic E-state index is 0.106. The van der Waals surface area contributed by atoms with Crippen molar-refractivity contribution in [1.82, 2.24) is 5.32 Å². The van der Waals surface area contributed by atoms with Gasteiger partial charge in [0.1, 0.15) is 0 Å². The van der Waals surface area contributed by atoms with E-state index in [4.69, 9.17) is 6.92 Å². The summed E-state index contributed by atoms with van der Waals surface area (Å²) in [7, 11) is 0. The van der Waals surface area contributed by atoms with Crippen molar-refractivity contribution >= 4 is 5.91 Å². The van der Waals surface area contributed by atoms with Gasteiger partial charge in [-0.25, -0.2) is 0 Å². The summed E-state index contributed by atoms with van der Waals surface area (Å²) in [5.74, 6) is -0.586. The van der Waals surface area contributed by atoms with Gasteiger partial charge in [-0.1, -0.05) is 0 Å². The average Bonchev–Trinajstić information content (AvgIpc) is 1.35. The number of hydrogen-bond donors (Lipinski definition) is 1. The van der Waals surface area contributed by atoms with Crippen LogP contribution in [0, 0.1) is 13.8 Å². The third kappa shape index (κ3) is 3.47. The molecule has 0 aromatic carbocycles. The smallest absolute Gasteiger partial charge is 0.224 e. The number of rotatable bonds is 1. The highest BCUT2D eigenvalue weighted by Crippen LogP contribution is 1.52. The highest BCUT2D eigenvalue weighted by atomic mass is 16.1. The molecule has 2 heteroatoms. The molecular weight excluding hydrogens is 78.0 g/mol. The molecule has 0 atom stereocenters. The first-order chi connectivity index (χ1) is 2.77. The number of carbonyl (C=O) groups is 1. The maximum atomic E-state index is 9.63. The van der Waals surface area contributed by atoms with Crippen molar-refractivity contribution in [2.75, 3.05) is 6.54 Å². The second-order valence-corrected chi connectivity index (χ2v) is 0.745. The summed E-state index contributed by atoms with van der Waals surface area (Å²) >= 11 is 0. The zero-order chi connectivity index (χ0) is 4.99. The molecular formula is C4H5NO. The molecule has 1 N–H and O–H groups in total. The molecule has 0 fully saturated rings. The Labute approximate surface area is 37.5 Å². The SMILES string of the molecule is [CH]CNC([CH])=O. The predicted molar refractivity (Wildman–Crippen MR) is 21.6 cm³/mol. The van der Waals surface area contributed by atoms with E-state index in [2.05, 4.69) is 12.2 Å². The molecule has 1 amide bonds. The van der Waals surface area contributed by atoms with Crippen LogP contribution in [0.5, 0.6) is 0 Å². The van der Waals surface area contributed by atoms with Gasteiger partial charge in [0.15, 0.2) is 0 Å². The average molecular weight is 83.1 g/mol. The highest BCUT2D eigenvalue weighted by Gasteiger charge is 1.80. The second kappa shape index (κ2) is 2.69. The van der Waals surface area contributed by atoms with E-state index in [1.165, 1.54) is 0 Å². The van der Waals surface area contributed by atoms with Gasteiger partial charge >= 0.3 is 0 Å². The van der Waals surface area contributed by atoms with Crippen molar-refractivity contribution in [2.24, 2.45) is 0 Å². The van der Waals surface area contributed by atoms with Crippen molar-refractivity contribution in [2.45, 2.75) is 0 Å². The molecule has 6 heavy (non-hydrogen) atoms. The molecule has 0 aromatic heterocycles. The van der Waals surface area contributed by atoms with Gasteiger partial charge in [0.2, 0.25) is 5.91 Å². The van der Waals surface area contributed by atoms with E-state index in [0.29, 0.717) is 0 Å². The van der Waals surface area contributed by atoms with E-state index >= 15 is 0 Å². The maximum Gasteiger partial charge on any atom is 0.224 e. The molecule has 32 valence electrons. The first-order valence-corrected chi connectivity index (χ1v) is 1.50. The summed E-state index contributed by atoms with van der Waals surface area (Å²) in [6, 6.07) is 0. The lowest BCUT2D eigenvalue weighted by Gasteiger charge is -1.88. The fourth-order valence-electron chi connectivity index (χ4n) is 0.101. The Balaban J connectivity index is 2.83. The van der Waals surface area contributed by atoms with E-state index in [-0.39, 0.29) is 6.54 Å². The summed E-state index contributed by atoms with van der Waals surface area (Å²) in [4.78, 5) is 9.63. The van der Waals surface area contributed by atoms with Gasteiger partial charge in [0, 0.05) is 6.54 Å². The van der Waals surface area contributed by atoms with Gasteiger partial charge in [-0.2, -0.15) is 0 Å². The van der Waals surface area contributed by atoms with Crippen LogP contribution in [0.25, 0.3) is 0 Å². The van der Waals surface area contributed by atoms with Crippen molar-refractivity contribution in [3.05, 3.63) is 13.8 Å². The van der Waals surface area contributed by atoms with E-state index in [9.17, 15) is 4.79 Å². The van der Waals surface area contributed by atoms with E-state index < -0.39 is 5.91 Å². The maximum absolute atomic E-state index is 9.63. The Bertz CT molecular complexity index is 51.5. The van der Waals surface area contributed by atoms with Gasteiger partial charge < -0.3 is 5.32 Å². The van der Waals surface area contributed by atoms with Gasteiger partial charge in [-0.3, -0.25) is 4.79 Å². The summed E-state index contributed by atoms with van der Waals surface area (Å²) in [5, 5.41) is 2.12. The summed E-state index contributed by atoms with van der Waals surface area (Å²) in [6.45, 7) is 9.50. The largest absolute Gasteiger partial charge is 0.356 e. The van der Waals surface area contributed by atoms with Crippen molar-refractivity contribution < 1.29 is 4.79 Å². The molecule has 4 radical (unpaired) electrons. The number of hydrogen-bond acceptors (Lipinski definition) is 1. The summed E-state index contributed by atoms with van der Waals surface area (Å²) in [6.07, 6.45) is 0. The van der Waals surface area contributed by atoms with Gasteiger partial charge in [0.25, 0.3) is 0 Å². The van der Waals surface area contributed by atoms with E-state index in [0.717, 1.165) is 0 Å². The molecule has 0 rings (SSSR count). The van der Waals surface area contributed by atoms with Crippen LogP contribution in [0.3, 0.4) is 0 Å². The molecule has 0 heterocycles. The first-order valence-electron chi connectivity index (χ1n) is 1.50. The van der Waals surface area contributed by atoms with Crippen LogP contribution in [0.1, 0.15) is 0 Å². The Morgan fingerprint density at radius 1 is 1.83 bits per heavy atom. The lowest BCUT2D eigenvalue weighted by molar-refractivity contribution is -0.116. The number of amides is 1. The monoisotopic (exact) mass is 83.0 g/mol. The highest BCUT2D eigenvalue weighted by molar-refractivity contribution is 5.79. The molecule has 0 aliphatic rings. The van der Waals surface area contributed by atoms with Crippen LogP contribution in [0.4, 0.5) is 0 Å². The van der Waals surface area contributed by atoms with Gasteiger partial charge in [-0.05, 0) is 6.92 Å². The first kappa shape index (κ1) is 5.47. The number of nitrogens with one attached hydrogen (secondary N) is 1. The minimum atomic E-state index is -0.586. The fraction of sp³-hybridized carbons (Fsp3) is 0.250. The summed E-state index contributed by atoms with van der Waals surface area (Å²) < 4.78 is 0. The summed E-state index contributed by atoms with van der Waals surface area (Å²) in [5.41, 5.74) is 0. The quantitative estimate of drug-likeness (QED) is 0.456. The predicted octanol–water partition coefficient (Wildman–Crippen LogP) is -0.475. The zero-order valence-corrected chi connectivity index (χ0v) is 3.27. The van der Waals surface area contributed by atoms with Crippen molar-refractivity contribution in [3.8, 4) is 0 Å². The van der Waals surface area contributed by atoms with Crippen molar-refractivity contribution in [1.29, 1.82) is 0 Å². The molecule has 0 aliphatic heterocycles.